The van der Waals surface area contributed by atoms with Gasteiger partial charge in [0.2, 0.25) is 0 Å². The molecule has 2 aliphatic rings. The third-order valence-electron chi connectivity index (χ3n) is 5.88. The number of carbonyl (C=O) groups is 1. The summed E-state index contributed by atoms with van der Waals surface area (Å²) in [5.41, 5.74) is 1.97. The van der Waals surface area contributed by atoms with Crippen LogP contribution in [0.5, 0.6) is 5.75 Å². The van der Waals surface area contributed by atoms with Crippen molar-refractivity contribution in [1.82, 2.24) is 14.8 Å². The molecular weight excluding hydrogens is 366 g/mol. The van der Waals surface area contributed by atoms with Gasteiger partial charge in [-0.2, -0.15) is 0 Å². The largest absolute Gasteiger partial charge is 0.491 e. The lowest BCUT2D eigenvalue weighted by atomic mass is 9.91. The monoisotopic (exact) mass is 403 g/mol. The second-order valence-electron chi connectivity index (χ2n) is 9.28. The third kappa shape index (κ3) is 5.41. The van der Waals surface area contributed by atoms with Crippen molar-refractivity contribution in [3.63, 3.8) is 0 Å². The average molecular weight is 404 g/mol. The summed E-state index contributed by atoms with van der Waals surface area (Å²) in [5.74, 6) is 1.44. The predicted molar refractivity (Wildman–Crippen MR) is 114 cm³/mol. The first kappa shape index (κ1) is 21.9. The molecule has 3 rings (SSSR count). The lowest BCUT2D eigenvalue weighted by Crippen LogP contribution is -2.56. The van der Waals surface area contributed by atoms with E-state index in [0.717, 1.165) is 25.3 Å². The van der Waals surface area contributed by atoms with E-state index in [1.165, 1.54) is 30.5 Å². The summed E-state index contributed by atoms with van der Waals surface area (Å²) in [4.78, 5) is 21.6. The molecule has 1 saturated heterocycles. The average Bonchev–Trinajstić information content (AvgIpc) is 2.86. The molecule has 0 saturated carbocycles. The van der Waals surface area contributed by atoms with Crippen molar-refractivity contribution in [2.24, 2.45) is 0 Å². The fourth-order valence-electron chi connectivity index (χ4n) is 4.26. The van der Waals surface area contributed by atoms with Gasteiger partial charge in [-0.25, -0.2) is 4.79 Å². The highest BCUT2D eigenvalue weighted by molar-refractivity contribution is 5.68. The molecule has 6 nitrogen and oxygen atoms in total. The van der Waals surface area contributed by atoms with Gasteiger partial charge in [-0.1, -0.05) is 26.7 Å². The van der Waals surface area contributed by atoms with Gasteiger partial charge in [-0.15, -0.1) is 0 Å². The molecule has 3 heterocycles. The Labute approximate surface area is 175 Å². The Morgan fingerprint density at radius 1 is 1.34 bits per heavy atom. The normalized spacial score (nSPS) is 20.9. The van der Waals surface area contributed by atoms with Gasteiger partial charge in [0.05, 0.1) is 11.7 Å². The predicted octanol–water partition coefficient (Wildman–Crippen LogP) is 4.58. The number of piperazine rings is 1. The first-order valence-corrected chi connectivity index (χ1v) is 11.1. The van der Waals surface area contributed by atoms with Crippen LogP contribution in [0.2, 0.25) is 0 Å². The zero-order valence-corrected chi connectivity index (χ0v) is 18.7. The molecule has 2 atom stereocenters. The first-order valence-electron chi connectivity index (χ1n) is 11.1. The van der Waals surface area contributed by atoms with E-state index < -0.39 is 5.60 Å². The molecule has 0 aromatic carbocycles. The smallest absolute Gasteiger partial charge is 0.410 e. The van der Waals surface area contributed by atoms with Crippen LogP contribution in [0, 0.1) is 0 Å². The second-order valence-corrected chi connectivity index (χ2v) is 9.28. The summed E-state index contributed by atoms with van der Waals surface area (Å²) in [6, 6.07) is 2.17. The molecule has 29 heavy (non-hydrogen) atoms. The quantitative estimate of drug-likeness (QED) is 0.720. The standard InChI is InChI=1S/C23H37N3O3/c1-6-8-9-17(7-2)21-19-15-25-12-13-26(22(27)29-23(3,4)5)14-18(25)16-28-20(19)10-11-24-21/h10-11,17-18H,6-9,12-16H2,1-5H3. The van der Waals surface area contributed by atoms with Gasteiger partial charge in [0.15, 0.2) is 0 Å². The van der Waals surface area contributed by atoms with Crippen molar-refractivity contribution >= 4 is 6.09 Å². The SMILES string of the molecule is CCCCC(CC)c1nccc2c1CN1CCN(C(=O)OC(C)(C)C)CC1CO2. The van der Waals surface area contributed by atoms with Crippen LogP contribution in [0.15, 0.2) is 12.3 Å². The van der Waals surface area contributed by atoms with Crippen molar-refractivity contribution in [2.75, 3.05) is 26.2 Å². The minimum atomic E-state index is -0.474. The van der Waals surface area contributed by atoms with Gasteiger partial charge in [0.1, 0.15) is 18.0 Å². The molecule has 2 unspecified atom stereocenters. The van der Waals surface area contributed by atoms with E-state index in [0.29, 0.717) is 25.6 Å². The van der Waals surface area contributed by atoms with E-state index >= 15 is 0 Å². The molecule has 0 spiro atoms. The maximum Gasteiger partial charge on any atom is 0.410 e. The van der Waals surface area contributed by atoms with Crippen molar-refractivity contribution in [2.45, 2.75) is 84.4 Å². The van der Waals surface area contributed by atoms with Gasteiger partial charge >= 0.3 is 6.09 Å². The van der Waals surface area contributed by atoms with E-state index in [1.807, 2.05) is 37.9 Å². The number of amides is 1. The van der Waals surface area contributed by atoms with Crippen molar-refractivity contribution in [3.05, 3.63) is 23.5 Å². The van der Waals surface area contributed by atoms with Gasteiger partial charge in [0.25, 0.3) is 0 Å². The van der Waals surface area contributed by atoms with Crippen LogP contribution >= 0.6 is 0 Å². The molecule has 1 amide bonds. The fourth-order valence-corrected chi connectivity index (χ4v) is 4.26. The maximum absolute atomic E-state index is 12.5. The summed E-state index contributed by atoms with van der Waals surface area (Å²) < 4.78 is 11.8. The van der Waals surface area contributed by atoms with E-state index in [2.05, 4.69) is 18.7 Å². The molecule has 0 radical (unpaired) electrons. The molecule has 162 valence electrons. The zero-order chi connectivity index (χ0) is 21.0. The lowest BCUT2D eigenvalue weighted by Gasteiger charge is -2.40. The molecule has 1 aromatic rings. The van der Waals surface area contributed by atoms with Crippen LogP contribution in [-0.4, -0.2) is 58.8 Å². The van der Waals surface area contributed by atoms with E-state index in [9.17, 15) is 4.79 Å². The van der Waals surface area contributed by atoms with Crippen molar-refractivity contribution < 1.29 is 14.3 Å². The van der Waals surface area contributed by atoms with E-state index in [4.69, 9.17) is 14.5 Å². The number of fused-ring (bicyclic) bond motifs is 2. The van der Waals surface area contributed by atoms with Crippen molar-refractivity contribution in [3.8, 4) is 5.75 Å². The Bertz CT molecular complexity index is 701. The number of pyridine rings is 1. The zero-order valence-electron chi connectivity index (χ0n) is 18.7. The van der Waals surface area contributed by atoms with Gasteiger partial charge in [-0.3, -0.25) is 9.88 Å². The number of carbonyl (C=O) groups excluding carboxylic acids is 1. The third-order valence-corrected chi connectivity index (χ3v) is 5.88. The summed E-state index contributed by atoms with van der Waals surface area (Å²) in [7, 11) is 0. The van der Waals surface area contributed by atoms with Crippen LogP contribution in [0.3, 0.4) is 0 Å². The summed E-state index contributed by atoms with van der Waals surface area (Å²) in [6.45, 7) is 13.8. The number of hydrogen-bond acceptors (Lipinski definition) is 5. The van der Waals surface area contributed by atoms with Gasteiger partial charge in [-0.05, 0) is 39.7 Å². The Hall–Kier alpha value is -1.82. The number of unbranched alkanes of at least 4 members (excludes halogenated alkanes) is 1. The number of aromatic nitrogens is 1. The molecule has 0 bridgehead atoms. The molecule has 0 N–H and O–H groups in total. The minimum absolute atomic E-state index is 0.173. The number of nitrogens with zero attached hydrogens (tertiary/aromatic N) is 3. The molecule has 1 fully saturated rings. The lowest BCUT2D eigenvalue weighted by molar-refractivity contribution is -0.00158. The number of ether oxygens (including phenoxy) is 2. The summed E-state index contributed by atoms with van der Waals surface area (Å²) in [5, 5.41) is 0. The Kier molecular flexibility index (Phi) is 7.04. The molecule has 1 aromatic heterocycles. The second kappa shape index (κ2) is 9.33. The highest BCUT2D eigenvalue weighted by Gasteiger charge is 2.35. The van der Waals surface area contributed by atoms with E-state index in [1.54, 1.807) is 0 Å². The van der Waals surface area contributed by atoms with Gasteiger partial charge in [0, 0.05) is 43.9 Å². The highest BCUT2D eigenvalue weighted by atomic mass is 16.6. The Morgan fingerprint density at radius 3 is 2.83 bits per heavy atom. The molecular formula is C23H37N3O3. The topological polar surface area (TPSA) is 54.9 Å². The van der Waals surface area contributed by atoms with Crippen molar-refractivity contribution in [1.29, 1.82) is 0 Å². The van der Waals surface area contributed by atoms with Gasteiger partial charge < -0.3 is 14.4 Å². The highest BCUT2D eigenvalue weighted by Crippen LogP contribution is 2.35. The van der Waals surface area contributed by atoms with Crippen LogP contribution in [0.1, 0.15) is 77.5 Å². The van der Waals surface area contributed by atoms with E-state index in [-0.39, 0.29) is 12.1 Å². The Balaban J connectivity index is 1.74. The number of hydrogen-bond donors (Lipinski definition) is 0. The molecule has 2 aliphatic heterocycles. The number of rotatable bonds is 5. The Morgan fingerprint density at radius 2 is 2.14 bits per heavy atom. The van der Waals surface area contributed by atoms with Crippen LogP contribution in [0.25, 0.3) is 0 Å². The minimum Gasteiger partial charge on any atom is -0.491 e. The maximum atomic E-state index is 12.5. The first-order chi connectivity index (χ1) is 13.8. The van der Waals surface area contributed by atoms with Crippen LogP contribution in [0.4, 0.5) is 4.79 Å². The van der Waals surface area contributed by atoms with Crippen LogP contribution in [-0.2, 0) is 11.3 Å². The molecule has 6 heteroatoms. The summed E-state index contributed by atoms with van der Waals surface area (Å²) in [6.07, 6.45) is 6.36. The summed E-state index contributed by atoms with van der Waals surface area (Å²) >= 11 is 0. The van der Waals surface area contributed by atoms with Crippen LogP contribution < -0.4 is 4.74 Å². The fraction of sp³-hybridized carbons (Fsp3) is 0.739. The molecule has 0 aliphatic carbocycles.